The average Bonchev–Trinajstić information content (AvgIpc) is 2.73. The number of piperidine rings is 1. The first-order valence-corrected chi connectivity index (χ1v) is 9.43. The minimum absolute atomic E-state index is 0.0394. The predicted molar refractivity (Wildman–Crippen MR) is 106 cm³/mol. The number of nitrogens with two attached hydrogens (primary N) is 1. The summed E-state index contributed by atoms with van der Waals surface area (Å²) in [5.74, 6) is 1.80. The van der Waals surface area contributed by atoms with Crippen LogP contribution in [0.2, 0.25) is 0 Å². The van der Waals surface area contributed by atoms with E-state index in [2.05, 4.69) is 53.4 Å². The molecule has 0 unspecified atom stereocenters. The van der Waals surface area contributed by atoms with E-state index in [1.54, 1.807) is 14.2 Å². The van der Waals surface area contributed by atoms with Crippen LogP contribution in [-0.4, -0.2) is 45.3 Å². The Morgan fingerprint density at radius 3 is 1.69 bits per heavy atom. The van der Waals surface area contributed by atoms with Crippen LogP contribution in [0.5, 0.6) is 11.5 Å². The van der Waals surface area contributed by atoms with Crippen molar-refractivity contribution in [2.45, 2.75) is 24.7 Å². The Labute approximate surface area is 156 Å². The number of ether oxygens (including phenoxy) is 2. The molecule has 0 atom stereocenters. The highest BCUT2D eigenvalue weighted by atomic mass is 16.5. The summed E-state index contributed by atoms with van der Waals surface area (Å²) in [4.78, 5) is 2.54. The maximum Gasteiger partial charge on any atom is 0.118 e. The zero-order valence-electron chi connectivity index (χ0n) is 15.9. The van der Waals surface area contributed by atoms with E-state index in [0.29, 0.717) is 0 Å². The van der Waals surface area contributed by atoms with Crippen LogP contribution in [0.25, 0.3) is 0 Å². The monoisotopic (exact) mass is 354 g/mol. The second kappa shape index (κ2) is 8.56. The summed E-state index contributed by atoms with van der Waals surface area (Å²) in [6.45, 7) is 4.05. The first-order valence-electron chi connectivity index (χ1n) is 9.43. The molecule has 1 fully saturated rings. The molecule has 0 amide bonds. The Kier molecular flexibility index (Phi) is 6.17. The Bertz CT molecular complexity index is 625. The van der Waals surface area contributed by atoms with Crippen LogP contribution in [0.1, 0.15) is 30.4 Å². The maximum atomic E-state index is 5.69. The number of likely N-dealkylation sites (tertiary alicyclic amines) is 1. The summed E-state index contributed by atoms with van der Waals surface area (Å²) >= 11 is 0. The normalized spacial score (nSPS) is 17.0. The summed E-state index contributed by atoms with van der Waals surface area (Å²) in [6, 6.07) is 17.2. The number of hydrogen-bond donors (Lipinski definition) is 1. The van der Waals surface area contributed by atoms with Crippen LogP contribution < -0.4 is 15.2 Å². The van der Waals surface area contributed by atoms with Gasteiger partial charge in [0.2, 0.25) is 0 Å². The fourth-order valence-electron chi connectivity index (χ4n) is 4.04. The van der Waals surface area contributed by atoms with Crippen molar-refractivity contribution in [1.29, 1.82) is 0 Å². The topological polar surface area (TPSA) is 47.7 Å². The third kappa shape index (κ3) is 3.87. The smallest absolute Gasteiger partial charge is 0.118 e. The van der Waals surface area contributed by atoms with E-state index in [-0.39, 0.29) is 5.41 Å². The van der Waals surface area contributed by atoms with Crippen molar-refractivity contribution >= 4 is 0 Å². The highest BCUT2D eigenvalue weighted by molar-refractivity contribution is 5.44. The molecule has 3 rings (SSSR count). The van der Waals surface area contributed by atoms with Gasteiger partial charge in [0.15, 0.2) is 0 Å². The van der Waals surface area contributed by atoms with Gasteiger partial charge in [0.1, 0.15) is 11.5 Å². The molecule has 0 saturated carbocycles. The van der Waals surface area contributed by atoms with Crippen molar-refractivity contribution in [2.75, 3.05) is 40.4 Å². The van der Waals surface area contributed by atoms with Gasteiger partial charge in [0.05, 0.1) is 14.2 Å². The number of rotatable bonds is 7. The van der Waals surface area contributed by atoms with E-state index >= 15 is 0 Å². The molecular weight excluding hydrogens is 324 g/mol. The molecule has 1 aliphatic heterocycles. The van der Waals surface area contributed by atoms with E-state index < -0.39 is 0 Å². The molecule has 1 heterocycles. The summed E-state index contributed by atoms with van der Waals surface area (Å²) in [6.07, 6.45) is 3.28. The molecule has 1 saturated heterocycles. The van der Waals surface area contributed by atoms with Crippen LogP contribution in [0.4, 0.5) is 0 Å². The molecule has 0 bridgehead atoms. The highest BCUT2D eigenvalue weighted by Gasteiger charge is 2.37. The average molecular weight is 354 g/mol. The largest absolute Gasteiger partial charge is 0.497 e. The van der Waals surface area contributed by atoms with Gasteiger partial charge in [-0.15, -0.1) is 0 Å². The quantitative estimate of drug-likeness (QED) is 0.827. The minimum atomic E-state index is 0.0394. The van der Waals surface area contributed by atoms with E-state index in [0.717, 1.165) is 56.9 Å². The molecule has 2 aromatic carbocycles. The summed E-state index contributed by atoms with van der Waals surface area (Å²) in [5, 5.41) is 0. The van der Waals surface area contributed by atoms with Gasteiger partial charge in [0.25, 0.3) is 0 Å². The van der Waals surface area contributed by atoms with E-state index in [1.807, 2.05) is 0 Å². The molecule has 0 aliphatic carbocycles. The van der Waals surface area contributed by atoms with Gasteiger partial charge in [-0.2, -0.15) is 0 Å². The van der Waals surface area contributed by atoms with Gasteiger partial charge >= 0.3 is 0 Å². The van der Waals surface area contributed by atoms with Gasteiger partial charge in [-0.3, -0.25) is 0 Å². The lowest BCUT2D eigenvalue weighted by atomic mass is 9.68. The third-order valence-corrected chi connectivity index (χ3v) is 5.67. The van der Waals surface area contributed by atoms with Crippen LogP contribution in [0, 0.1) is 0 Å². The van der Waals surface area contributed by atoms with Crippen LogP contribution in [0.3, 0.4) is 0 Å². The fourth-order valence-corrected chi connectivity index (χ4v) is 4.04. The number of methoxy groups -OCH3 is 2. The Morgan fingerprint density at radius 1 is 0.846 bits per heavy atom. The number of benzene rings is 2. The zero-order chi connectivity index (χ0) is 18.4. The van der Waals surface area contributed by atoms with E-state index in [1.165, 1.54) is 11.1 Å². The Balaban J connectivity index is 1.90. The van der Waals surface area contributed by atoms with Crippen LogP contribution in [0.15, 0.2) is 48.5 Å². The second-order valence-corrected chi connectivity index (χ2v) is 7.02. The van der Waals surface area contributed by atoms with Crippen molar-refractivity contribution < 1.29 is 9.47 Å². The molecule has 0 aromatic heterocycles. The fraction of sp³-hybridized carbons (Fsp3) is 0.455. The molecule has 1 aliphatic rings. The highest BCUT2D eigenvalue weighted by Crippen LogP contribution is 2.42. The molecule has 140 valence electrons. The summed E-state index contributed by atoms with van der Waals surface area (Å²) in [5.41, 5.74) is 8.45. The van der Waals surface area contributed by atoms with Gasteiger partial charge in [-0.25, -0.2) is 0 Å². The third-order valence-electron chi connectivity index (χ3n) is 5.67. The first-order chi connectivity index (χ1) is 12.7. The van der Waals surface area contributed by atoms with Crippen molar-refractivity contribution in [3.05, 3.63) is 59.7 Å². The molecule has 0 spiro atoms. The number of nitrogens with zero attached hydrogens (tertiary/aromatic N) is 1. The number of hydrogen-bond acceptors (Lipinski definition) is 4. The second-order valence-electron chi connectivity index (χ2n) is 7.02. The minimum Gasteiger partial charge on any atom is -0.497 e. The molecule has 26 heavy (non-hydrogen) atoms. The predicted octanol–water partition coefficient (Wildman–Crippen LogP) is 3.43. The van der Waals surface area contributed by atoms with Gasteiger partial charge in [0, 0.05) is 5.41 Å². The Morgan fingerprint density at radius 2 is 1.31 bits per heavy atom. The SMILES string of the molecule is COc1ccc(C2(c3ccc(OC)cc3)CCN(CCCN)CC2)cc1. The van der Waals surface area contributed by atoms with Crippen LogP contribution in [-0.2, 0) is 5.41 Å². The molecular formula is C22H30N2O2. The maximum absolute atomic E-state index is 5.69. The van der Waals surface area contributed by atoms with Crippen LogP contribution >= 0.6 is 0 Å². The van der Waals surface area contributed by atoms with Gasteiger partial charge < -0.3 is 20.1 Å². The van der Waals surface area contributed by atoms with Crippen molar-refractivity contribution in [3.63, 3.8) is 0 Å². The van der Waals surface area contributed by atoms with Gasteiger partial charge in [-0.05, 0) is 80.8 Å². The summed E-state index contributed by atoms with van der Waals surface area (Å²) < 4.78 is 10.7. The molecule has 0 radical (unpaired) electrons. The first kappa shape index (κ1) is 18.7. The molecule has 4 heteroatoms. The van der Waals surface area contributed by atoms with Crippen molar-refractivity contribution in [2.24, 2.45) is 5.73 Å². The summed E-state index contributed by atoms with van der Waals surface area (Å²) in [7, 11) is 3.42. The molecule has 2 aromatic rings. The lowest BCUT2D eigenvalue weighted by Crippen LogP contribution is -2.43. The van der Waals surface area contributed by atoms with Crippen molar-refractivity contribution in [3.8, 4) is 11.5 Å². The van der Waals surface area contributed by atoms with E-state index in [4.69, 9.17) is 15.2 Å². The molecule has 2 N–H and O–H groups in total. The molecule has 4 nitrogen and oxygen atoms in total. The van der Waals surface area contributed by atoms with E-state index in [9.17, 15) is 0 Å². The Hall–Kier alpha value is -2.04. The lowest BCUT2D eigenvalue weighted by molar-refractivity contribution is 0.178. The van der Waals surface area contributed by atoms with Crippen molar-refractivity contribution in [1.82, 2.24) is 4.90 Å². The zero-order valence-corrected chi connectivity index (χ0v) is 15.9. The lowest BCUT2D eigenvalue weighted by Gasteiger charge is -2.43. The van der Waals surface area contributed by atoms with Gasteiger partial charge in [-0.1, -0.05) is 24.3 Å². The standard InChI is InChI=1S/C22H30N2O2/c1-25-20-8-4-18(5-9-20)22(19-6-10-21(26-2)11-7-19)12-16-24(17-13-22)15-3-14-23/h4-11H,3,12-17,23H2,1-2H3.